The van der Waals surface area contributed by atoms with E-state index in [1.165, 1.54) is 0 Å². The van der Waals surface area contributed by atoms with Gasteiger partial charge in [0, 0.05) is 0 Å². The summed E-state index contributed by atoms with van der Waals surface area (Å²) in [5.41, 5.74) is -0.540. The fourth-order valence-electron chi connectivity index (χ4n) is 0.306. The van der Waals surface area contributed by atoms with Crippen molar-refractivity contribution in [3.63, 3.8) is 0 Å². The lowest BCUT2D eigenvalue weighted by molar-refractivity contribution is -0.143. The van der Waals surface area contributed by atoms with Gasteiger partial charge in [-0.1, -0.05) is 6.58 Å². The highest BCUT2D eigenvalue weighted by molar-refractivity contribution is 6.12. The molecule has 68 valence electrons. The number of carbonyl (C=O) groups is 2. The maximum atomic E-state index is 10.5. The van der Waals surface area contributed by atoms with E-state index in [-0.39, 0.29) is 6.61 Å². The van der Waals surface area contributed by atoms with Crippen LogP contribution in [0, 0.1) is 0 Å². The summed E-state index contributed by atoms with van der Waals surface area (Å²) < 4.78 is 4.35. The average Bonchev–Trinajstić information content (AvgIpc) is 2.07. The Morgan fingerprint density at radius 1 is 1.42 bits per heavy atom. The molecule has 0 aromatic carbocycles. The minimum atomic E-state index is -1.35. The zero-order valence-electron chi connectivity index (χ0n) is 7.00. The van der Waals surface area contributed by atoms with Crippen LogP contribution in [0.3, 0.4) is 0 Å². The van der Waals surface area contributed by atoms with Crippen LogP contribution in [0.15, 0.2) is 25.3 Å². The monoisotopic (exact) mass is 172 g/mol. The van der Waals surface area contributed by atoms with Crippen LogP contribution in [-0.4, -0.2) is 23.7 Å². The molecule has 0 bridgehead atoms. The van der Waals surface area contributed by atoms with Gasteiger partial charge in [-0.05, 0) is 6.92 Å². The first-order valence-electron chi connectivity index (χ1n) is 3.19. The molecule has 0 aromatic heterocycles. The van der Waals surface area contributed by atoms with Gasteiger partial charge in [0.1, 0.15) is 5.57 Å². The molecule has 0 radical (unpaired) electrons. The number of hydrogen-bond donors (Lipinski definition) is 1. The van der Waals surface area contributed by atoms with Crippen LogP contribution in [0.1, 0.15) is 6.92 Å². The first kappa shape index (κ1) is 13.0. The Kier molecular flexibility index (Phi) is 8.18. The molecule has 4 nitrogen and oxygen atoms in total. The highest BCUT2D eigenvalue weighted by Crippen LogP contribution is 1.93. The quantitative estimate of drug-likeness (QED) is 0.227. The van der Waals surface area contributed by atoms with Gasteiger partial charge in [-0.3, -0.25) is 0 Å². The lowest BCUT2D eigenvalue weighted by Crippen LogP contribution is -2.13. The largest absolute Gasteiger partial charge is 0.477 e. The summed E-state index contributed by atoms with van der Waals surface area (Å²) in [4.78, 5) is 20.5. The maximum absolute atomic E-state index is 10.5. The molecule has 12 heavy (non-hydrogen) atoms. The maximum Gasteiger partial charge on any atom is 0.344 e. The third kappa shape index (κ3) is 5.22. The zero-order chi connectivity index (χ0) is 10.1. The Bertz CT molecular complexity index is 183. The summed E-state index contributed by atoms with van der Waals surface area (Å²) >= 11 is 0. The zero-order valence-corrected chi connectivity index (χ0v) is 7.00. The van der Waals surface area contributed by atoms with Crippen molar-refractivity contribution in [3.8, 4) is 0 Å². The molecule has 0 rings (SSSR count). The number of carboxylic acid groups (broad SMARTS) is 1. The highest BCUT2D eigenvalue weighted by atomic mass is 16.5. The fourth-order valence-corrected chi connectivity index (χ4v) is 0.306. The van der Waals surface area contributed by atoms with Crippen molar-refractivity contribution >= 4 is 11.9 Å². The number of ether oxygens (including phenoxy) is 1. The average molecular weight is 172 g/mol. The summed E-state index contributed by atoms with van der Waals surface area (Å²) in [5, 5.41) is 8.18. The van der Waals surface area contributed by atoms with Gasteiger partial charge in [-0.25, -0.2) is 9.59 Å². The van der Waals surface area contributed by atoms with Gasteiger partial charge >= 0.3 is 11.9 Å². The summed E-state index contributed by atoms with van der Waals surface area (Å²) in [6.45, 7) is 10.7. The van der Waals surface area contributed by atoms with Crippen molar-refractivity contribution in [1.29, 1.82) is 0 Å². The van der Waals surface area contributed by atoms with E-state index in [0.717, 1.165) is 0 Å². The van der Waals surface area contributed by atoms with E-state index in [1.54, 1.807) is 6.92 Å². The topological polar surface area (TPSA) is 63.6 Å². The third-order valence-corrected chi connectivity index (χ3v) is 0.780. The molecule has 1 N–H and O–H groups in total. The fraction of sp³-hybridized carbons (Fsp3) is 0.250. The summed E-state index contributed by atoms with van der Waals surface area (Å²) in [5.74, 6) is -2.23. The third-order valence-electron chi connectivity index (χ3n) is 0.780. The van der Waals surface area contributed by atoms with Crippen LogP contribution in [0.5, 0.6) is 0 Å². The Balaban J connectivity index is 0. The van der Waals surface area contributed by atoms with Crippen molar-refractivity contribution < 1.29 is 19.4 Å². The normalized spacial score (nSPS) is 7.42. The summed E-state index contributed by atoms with van der Waals surface area (Å²) in [6, 6.07) is 0. The Labute approximate surface area is 71.2 Å². The molecule has 0 amide bonds. The summed E-state index contributed by atoms with van der Waals surface area (Å²) in [6.07, 6.45) is 0. The number of rotatable bonds is 3. The minimum absolute atomic E-state index is 0.158. The minimum Gasteiger partial charge on any atom is -0.477 e. The molecule has 0 unspecified atom stereocenters. The van der Waals surface area contributed by atoms with Crippen molar-refractivity contribution in [2.24, 2.45) is 0 Å². The molecule has 0 heterocycles. The number of esters is 1. The van der Waals surface area contributed by atoms with Gasteiger partial charge < -0.3 is 9.84 Å². The van der Waals surface area contributed by atoms with Gasteiger partial charge in [0.25, 0.3) is 0 Å². The Morgan fingerprint density at radius 3 is 2.08 bits per heavy atom. The molecule has 4 heteroatoms. The van der Waals surface area contributed by atoms with Gasteiger partial charge in [-0.2, -0.15) is 0 Å². The first-order chi connectivity index (χ1) is 5.59. The number of hydrogen-bond acceptors (Lipinski definition) is 3. The molecule has 0 fully saturated rings. The van der Waals surface area contributed by atoms with E-state index in [2.05, 4.69) is 24.5 Å². The van der Waals surface area contributed by atoms with Crippen molar-refractivity contribution in [2.75, 3.05) is 6.61 Å². The lowest BCUT2D eigenvalue weighted by Gasteiger charge is -1.98. The molecule has 0 saturated heterocycles. The smallest absolute Gasteiger partial charge is 0.344 e. The molecular formula is C8H12O4. The van der Waals surface area contributed by atoms with Crippen LogP contribution >= 0.6 is 0 Å². The number of aliphatic carboxylic acids is 1. The molecule has 0 aliphatic rings. The van der Waals surface area contributed by atoms with Crippen LogP contribution in [0.25, 0.3) is 0 Å². The van der Waals surface area contributed by atoms with Crippen molar-refractivity contribution in [3.05, 3.63) is 25.3 Å². The molecule has 0 spiro atoms. The number of carboxylic acids is 1. The molecule has 0 aromatic rings. The predicted molar refractivity (Wildman–Crippen MR) is 44.7 cm³/mol. The van der Waals surface area contributed by atoms with Gasteiger partial charge in [0.15, 0.2) is 0 Å². The van der Waals surface area contributed by atoms with Gasteiger partial charge in [0.05, 0.1) is 6.61 Å². The second-order valence-corrected chi connectivity index (χ2v) is 1.50. The Hall–Kier alpha value is -1.58. The van der Waals surface area contributed by atoms with Crippen molar-refractivity contribution in [1.82, 2.24) is 0 Å². The van der Waals surface area contributed by atoms with Gasteiger partial charge in [-0.15, -0.1) is 13.2 Å². The van der Waals surface area contributed by atoms with Crippen molar-refractivity contribution in [2.45, 2.75) is 6.92 Å². The second-order valence-electron chi connectivity index (χ2n) is 1.50. The SMILES string of the molecule is C=C.C=C(C(=O)O)C(=O)OCC. The van der Waals surface area contributed by atoms with E-state index in [9.17, 15) is 9.59 Å². The standard InChI is InChI=1S/C6H8O4.C2H4/c1-3-10-6(9)4(2)5(7)8;1-2/h2-3H2,1H3,(H,7,8);1-2H2. The van der Waals surface area contributed by atoms with E-state index < -0.39 is 17.5 Å². The first-order valence-corrected chi connectivity index (χ1v) is 3.19. The highest BCUT2D eigenvalue weighted by Gasteiger charge is 2.14. The van der Waals surface area contributed by atoms with Crippen LogP contribution < -0.4 is 0 Å². The lowest BCUT2D eigenvalue weighted by atomic mass is 10.3. The Morgan fingerprint density at radius 2 is 1.83 bits per heavy atom. The second kappa shape index (κ2) is 7.53. The molecule has 0 aliphatic carbocycles. The van der Waals surface area contributed by atoms with E-state index in [1.807, 2.05) is 0 Å². The van der Waals surface area contributed by atoms with E-state index in [4.69, 9.17) is 5.11 Å². The molecule has 0 aliphatic heterocycles. The van der Waals surface area contributed by atoms with Crippen LogP contribution in [-0.2, 0) is 14.3 Å². The molecular weight excluding hydrogens is 160 g/mol. The van der Waals surface area contributed by atoms with Crippen LogP contribution in [0.2, 0.25) is 0 Å². The van der Waals surface area contributed by atoms with E-state index in [0.29, 0.717) is 0 Å². The molecule has 0 saturated carbocycles. The van der Waals surface area contributed by atoms with Crippen LogP contribution in [0.4, 0.5) is 0 Å². The predicted octanol–water partition coefficient (Wildman–Crippen LogP) is 0.992. The summed E-state index contributed by atoms with van der Waals surface area (Å²) in [7, 11) is 0. The number of carbonyl (C=O) groups excluding carboxylic acids is 1. The van der Waals surface area contributed by atoms with Gasteiger partial charge in [0.2, 0.25) is 0 Å². The molecule has 0 atom stereocenters. The van der Waals surface area contributed by atoms with E-state index >= 15 is 0 Å².